The highest BCUT2D eigenvalue weighted by Gasteiger charge is 2.36. The van der Waals surface area contributed by atoms with Crippen LogP contribution in [0.3, 0.4) is 0 Å². The number of nitrogens with one attached hydrogen (secondary N) is 2. The fourth-order valence-electron chi connectivity index (χ4n) is 2.85. The van der Waals surface area contributed by atoms with Crippen LogP contribution < -0.4 is 16.4 Å². The van der Waals surface area contributed by atoms with Crippen molar-refractivity contribution >= 4 is 29.8 Å². The lowest BCUT2D eigenvalue weighted by molar-refractivity contribution is -0.146. The maximum atomic E-state index is 12.6. The molecule has 1 saturated heterocycles. The molecule has 2 atom stereocenters. The third-order valence-electron chi connectivity index (χ3n) is 4.14. The second-order valence-electron chi connectivity index (χ2n) is 7.69. The lowest BCUT2D eigenvalue weighted by Gasteiger charge is -2.26. The molecule has 1 aliphatic rings. The van der Waals surface area contributed by atoms with Crippen LogP contribution in [-0.4, -0.2) is 72.6 Å². The van der Waals surface area contributed by atoms with Crippen molar-refractivity contribution in [3.05, 3.63) is 0 Å². The van der Waals surface area contributed by atoms with Gasteiger partial charge in [0.2, 0.25) is 17.7 Å². The van der Waals surface area contributed by atoms with Gasteiger partial charge in [0, 0.05) is 13.0 Å². The Balaban J connectivity index is 2.67. The molecular weight excluding hydrogens is 384 g/mol. The van der Waals surface area contributed by atoms with Gasteiger partial charge in [0.15, 0.2) is 0 Å². The second-order valence-corrected chi connectivity index (χ2v) is 7.69. The SMILES string of the molecule is COC(=O)[C@H](CCC(N)=O)NC(=O)[C@@H]1CCCN1C(=O)CNC(=O)OC(C)(C)C. The van der Waals surface area contributed by atoms with E-state index in [1.54, 1.807) is 20.8 Å². The van der Waals surface area contributed by atoms with Gasteiger partial charge < -0.3 is 30.7 Å². The van der Waals surface area contributed by atoms with Crippen LogP contribution in [-0.2, 0) is 28.7 Å². The fourth-order valence-corrected chi connectivity index (χ4v) is 2.85. The molecule has 0 saturated carbocycles. The van der Waals surface area contributed by atoms with Gasteiger partial charge in [-0.1, -0.05) is 0 Å². The molecule has 29 heavy (non-hydrogen) atoms. The second kappa shape index (κ2) is 10.6. The first-order valence-corrected chi connectivity index (χ1v) is 9.37. The average molecular weight is 414 g/mol. The summed E-state index contributed by atoms with van der Waals surface area (Å²) in [6, 6.07) is -1.83. The molecule has 0 spiro atoms. The first kappa shape index (κ1) is 24.2. The molecule has 0 aliphatic carbocycles. The first-order chi connectivity index (χ1) is 13.4. The fraction of sp³-hybridized carbons (Fsp3) is 0.722. The molecule has 0 bridgehead atoms. The van der Waals surface area contributed by atoms with Crippen molar-refractivity contribution < 1.29 is 33.4 Å². The Hall–Kier alpha value is -2.85. The number of rotatable bonds is 8. The number of amides is 4. The zero-order chi connectivity index (χ0) is 22.2. The van der Waals surface area contributed by atoms with E-state index in [-0.39, 0.29) is 19.4 Å². The summed E-state index contributed by atoms with van der Waals surface area (Å²) in [6.07, 6.45) is 0.166. The number of methoxy groups -OCH3 is 1. The topological polar surface area (TPSA) is 157 Å². The number of alkyl carbamates (subject to hydrolysis) is 1. The van der Waals surface area contributed by atoms with Crippen LogP contribution >= 0.6 is 0 Å². The van der Waals surface area contributed by atoms with Crippen LogP contribution in [0.2, 0.25) is 0 Å². The van der Waals surface area contributed by atoms with Crippen molar-refractivity contribution in [3.8, 4) is 0 Å². The number of esters is 1. The number of carbonyl (C=O) groups is 5. The summed E-state index contributed by atoms with van der Waals surface area (Å²) in [6.45, 7) is 5.12. The largest absolute Gasteiger partial charge is 0.467 e. The number of hydrogen-bond acceptors (Lipinski definition) is 7. The lowest BCUT2D eigenvalue weighted by atomic mass is 10.1. The monoisotopic (exact) mass is 414 g/mol. The van der Waals surface area contributed by atoms with E-state index in [0.29, 0.717) is 19.4 Å². The van der Waals surface area contributed by atoms with E-state index in [1.165, 1.54) is 12.0 Å². The Morgan fingerprint density at radius 2 is 1.86 bits per heavy atom. The normalized spacial score (nSPS) is 17.2. The van der Waals surface area contributed by atoms with Gasteiger partial charge in [0.05, 0.1) is 7.11 Å². The van der Waals surface area contributed by atoms with Crippen molar-refractivity contribution in [1.82, 2.24) is 15.5 Å². The quantitative estimate of drug-likeness (QED) is 0.449. The molecule has 1 rings (SSSR count). The van der Waals surface area contributed by atoms with E-state index in [9.17, 15) is 24.0 Å². The van der Waals surface area contributed by atoms with E-state index in [0.717, 1.165) is 0 Å². The highest BCUT2D eigenvalue weighted by molar-refractivity contribution is 5.92. The minimum atomic E-state index is -1.04. The van der Waals surface area contributed by atoms with Gasteiger partial charge in [-0.25, -0.2) is 9.59 Å². The summed E-state index contributed by atoms with van der Waals surface area (Å²) >= 11 is 0. The molecular formula is C18H30N4O7. The summed E-state index contributed by atoms with van der Waals surface area (Å²) in [5.41, 5.74) is 4.39. The molecule has 0 aromatic heterocycles. The van der Waals surface area contributed by atoms with Crippen molar-refractivity contribution in [1.29, 1.82) is 0 Å². The number of carbonyl (C=O) groups excluding carboxylic acids is 5. The van der Waals surface area contributed by atoms with Crippen LogP contribution in [0.1, 0.15) is 46.5 Å². The average Bonchev–Trinajstić information content (AvgIpc) is 3.10. The van der Waals surface area contributed by atoms with E-state index in [1.807, 2.05) is 0 Å². The Morgan fingerprint density at radius 1 is 1.21 bits per heavy atom. The van der Waals surface area contributed by atoms with Crippen molar-refractivity contribution in [2.45, 2.75) is 64.1 Å². The van der Waals surface area contributed by atoms with Gasteiger partial charge in [-0.3, -0.25) is 14.4 Å². The van der Waals surface area contributed by atoms with Crippen molar-refractivity contribution in [2.24, 2.45) is 5.73 Å². The summed E-state index contributed by atoms with van der Waals surface area (Å²) in [7, 11) is 1.17. The van der Waals surface area contributed by atoms with Crippen LogP contribution in [0.5, 0.6) is 0 Å². The van der Waals surface area contributed by atoms with Gasteiger partial charge in [-0.05, 0) is 40.0 Å². The lowest BCUT2D eigenvalue weighted by Crippen LogP contribution is -2.52. The minimum Gasteiger partial charge on any atom is -0.467 e. The zero-order valence-electron chi connectivity index (χ0n) is 17.3. The molecule has 0 unspecified atom stereocenters. The van der Waals surface area contributed by atoms with E-state index < -0.39 is 47.5 Å². The van der Waals surface area contributed by atoms with Gasteiger partial charge in [0.25, 0.3) is 0 Å². The van der Waals surface area contributed by atoms with Gasteiger partial charge in [-0.2, -0.15) is 0 Å². The molecule has 1 heterocycles. The highest BCUT2D eigenvalue weighted by Crippen LogP contribution is 2.18. The third-order valence-corrected chi connectivity index (χ3v) is 4.14. The van der Waals surface area contributed by atoms with E-state index in [4.69, 9.17) is 10.5 Å². The number of ether oxygens (including phenoxy) is 2. The molecule has 164 valence electrons. The zero-order valence-corrected chi connectivity index (χ0v) is 17.3. The van der Waals surface area contributed by atoms with Crippen LogP contribution in [0.4, 0.5) is 4.79 Å². The third kappa shape index (κ3) is 8.36. The highest BCUT2D eigenvalue weighted by atomic mass is 16.6. The predicted octanol–water partition coefficient (Wildman–Crippen LogP) is -0.575. The van der Waals surface area contributed by atoms with E-state index in [2.05, 4.69) is 15.4 Å². The van der Waals surface area contributed by atoms with Gasteiger partial charge in [0.1, 0.15) is 24.2 Å². The molecule has 4 N–H and O–H groups in total. The molecule has 4 amide bonds. The van der Waals surface area contributed by atoms with Gasteiger partial charge >= 0.3 is 12.1 Å². The number of primary amides is 1. The summed E-state index contributed by atoms with van der Waals surface area (Å²) < 4.78 is 9.71. The Labute approximate surface area is 169 Å². The first-order valence-electron chi connectivity index (χ1n) is 9.37. The molecule has 11 nitrogen and oxygen atoms in total. The summed E-state index contributed by atoms with van der Waals surface area (Å²) in [4.78, 5) is 60.9. The number of nitrogens with zero attached hydrogens (tertiary/aromatic N) is 1. The Morgan fingerprint density at radius 3 is 2.41 bits per heavy atom. The molecule has 1 fully saturated rings. The number of nitrogens with two attached hydrogens (primary N) is 1. The van der Waals surface area contributed by atoms with Crippen LogP contribution in [0, 0.1) is 0 Å². The van der Waals surface area contributed by atoms with Crippen LogP contribution in [0.25, 0.3) is 0 Å². The molecule has 1 aliphatic heterocycles. The predicted molar refractivity (Wildman–Crippen MR) is 101 cm³/mol. The number of hydrogen-bond donors (Lipinski definition) is 3. The van der Waals surface area contributed by atoms with Crippen molar-refractivity contribution in [3.63, 3.8) is 0 Å². The Bertz CT molecular complexity index is 645. The number of likely N-dealkylation sites (tertiary alicyclic amines) is 1. The van der Waals surface area contributed by atoms with Crippen LogP contribution in [0.15, 0.2) is 0 Å². The summed E-state index contributed by atoms with van der Waals surface area (Å²) in [5, 5.41) is 4.89. The van der Waals surface area contributed by atoms with Gasteiger partial charge in [-0.15, -0.1) is 0 Å². The smallest absolute Gasteiger partial charge is 0.408 e. The summed E-state index contributed by atoms with van der Waals surface area (Å²) in [5.74, 6) is -2.30. The molecule has 0 radical (unpaired) electrons. The maximum Gasteiger partial charge on any atom is 0.408 e. The van der Waals surface area contributed by atoms with Crippen molar-refractivity contribution in [2.75, 3.05) is 20.2 Å². The van der Waals surface area contributed by atoms with E-state index >= 15 is 0 Å². The minimum absolute atomic E-state index is 0.00534. The maximum absolute atomic E-state index is 12.6. The molecule has 0 aromatic carbocycles. The standard InChI is InChI=1S/C18H30N4O7/c1-18(2,3)29-17(27)20-10-14(24)22-9-5-6-12(22)15(25)21-11(16(26)28-4)7-8-13(19)23/h11-12H,5-10H2,1-4H3,(H2,19,23)(H,20,27)(H,21,25)/t11-,12-/m0/s1. The molecule has 11 heteroatoms. The Kier molecular flexibility index (Phi) is 8.86. The molecule has 0 aromatic rings.